The van der Waals surface area contributed by atoms with Gasteiger partial charge in [0.2, 0.25) is 5.75 Å². The van der Waals surface area contributed by atoms with Crippen LogP contribution in [0.3, 0.4) is 0 Å². The molecule has 0 atom stereocenters. The zero-order valence-corrected chi connectivity index (χ0v) is 12.2. The topological polar surface area (TPSA) is 50.7 Å². The van der Waals surface area contributed by atoms with Crippen molar-refractivity contribution in [3.8, 4) is 17.2 Å². The van der Waals surface area contributed by atoms with Gasteiger partial charge in [-0.3, -0.25) is 0 Å². The fourth-order valence-electron chi connectivity index (χ4n) is 2.05. The summed E-state index contributed by atoms with van der Waals surface area (Å²) in [5, 5.41) is 13.0. The van der Waals surface area contributed by atoms with E-state index < -0.39 is 0 Å². The van der Waals surface area contributed by atoms with Gasteiger partial charge in [-0.25, -0.2) is 4.39 Å². The maximum atomic E-state index is 13.5. The number of hydrogen-bond donors (Lipinski definition) is 2. The molecule has 2 N–H and O–H groups in total. The van der Waals surface area contributed by atoms with Gasteiger partial charge in [0, 0.05) is 17.8 Å². The standard InChI is InChI=1S/C16H18FNO3/c1-10-12(17)5-4-6-13(10)18-9-11-7-14(20-2)16(19)15(8-11)21-3/h4-8,18-19H,9H2,1-3H3. The molecule has 0 fully saturated rings. The maximum Gasteiger partial charge on any atom is 0.200 e. The third kappa shape index (κ3) is 3.18. The van der Waals surface area contributed by atoms with Gasteiger partial charge >= 0.3 is 0 Å². The molecule has 0 spiro atoms. The van der Waals surface area contributed by atoms with Crippen LogP contribution in [0, 0.1) is 12.7 Å². The highest BCUT2D eigenvalue weighted by molar-refractivity contribution is 5.55. The minimum atomic E-state index is -0.249. The van der Waals surface area contributed by atoms with Crippen LogP contribution in [0.2, 0.25) is 0 Å². The molecule has 2 aromatic rings. The van der Waals surface area contributed by atoms with Crippen molar-refractivity contribution in [2.24, 2.45) is 0 Å². The van der Waals surface area contributed by atoms with Crippen molar-refractivity contribution >= 4 is 5.69 Å². The second-order valence-electron chi connectivity index (χ2n) is 4.61. The summed E-state index contributed by atoms with van der Waals surface area (Å²) in [5.41, 5.74) is 2.14. The Bertz CT molecular complexity index is 618. The molecule has 21 heavy (non-hydrogen) atoms. The van der Waals surface area contributed by atoms with Crippen molar-refractivity contribution in [1.29, 1.82) is 0 Å². The van der Waals surface area contributed by atoms with Crippen LogP contribution in [0.1, 0.15) is 11.1 Å². The zero-order valence-electron chi connectivity index (χ0n) is 12.2. The van der Waals surface area contributed by atoms with Crippen molar-refractivity contribution in [2.75, 3.05) is 19.5 Å². The average molecular weight is 291 g/mol. The zero-order chi connectivity index (χ0) is 15.4. The van der Waals surface area contributed by atoms with Crippen molar-refractivity contribution in [1.82, 2.24) is 0 Å². The Morgan fingerprint density at radius 2 is 1.76 bits per heavy atom. The molecule has 0 saturated heterocycles. The van der Waals surface area contributed by atoms with Gasteiger partial charge in [-0.1, -0.05) is 6.07 Å². The number of aromatic hydroxyl groups is 1. The van der Waals surface area contributed by atoms with E-state index in [0.717, 1.165) is 11.3 Å². The molecule has 2 aromatic carbocycles. The molecule has 112 valence electrons. The van der Waals surface area contributed by atoms with Crippen LogP contribution in [0.5, 0.6) is 17.2 Å². The highest BCUT2D eigenvalue weighted by Gasteiger charge is 2.11. The fourth-order valence-corrected chi connectivity index (χ4v) is 2.05. The molecule has 0 aliphatic rings. The van der Waals surface area contributed by atoms with E-state index in [9.17, 15) is 9.50 Å². The number of benzene rings is 2. The van der Waals surface area contributed by atoms with Crippen LogP contribution in [0.4, 0.5) is 10.1 Å². The van der Waals surface area contributed by atoms with Gasteiger partial charge in [0.25, 0.3) is 0 Å². The average Bonchev–Trinajstić information content (AvgIpc) is 2.49. The number of ether oxygens (including phenoxy) is 2. The molecule has 2 rings (SSSR count). The summed E-state index contributed by atoms with van der Waals surface area (Å²) < 4.78 is 23.7. The van der Waals surface area contributed by atoms with E-state index in [1.54, 1.807) is 25.1 Å². The second-order valence-corrected chi connectivity index (χ2v) is 4.61. The summed E-state index contributed by atoms with van der Waals surface area (Å²) in [6.07, 6.45) is 0. The van der Waals surface area contributed by atoms with Crippen LogP contribution in [-0.2, 0) is 6.54 Å². The van der Waals surface area contributed by atoms with Crippen LogP contribution in [0.25, 0.3) is 0 Å². The molecule has 0 amide bonds. The summed E-state index contributed by atoms with van der Waals surface area (Å²) in [4.78, 5) is 0. The minimum absolute atomic E-state index is 0.0364. The van der Waals surface area contributed by atoms with Gasteiger partial charge in [-0.15, -0.1) is 0 Å². The molecule has 0 saturated carbocycles. The molecule has 0 aliphatic carbocycles. The van der Waals surface area contributed by atoms with Crippen LogP contribution < -0.4 is 14.8 Å². The lowest BCUT2D eigenvalue weighted by molar-refractivity contribution is 0.339. The highest BCUT2D eigenvalue weighted by Crippen LogP contribution is 2.37. The van der Waals surface area contributed by atoms with E-state index >= 15 is 0 Å². The predicted molar refractivity (Wildman–Crippen MR) is 79.7 cm³/mol. The number of phenols is 1. The molecule has 0 aromatic heterocycles. The lowest BCUT2D eigenvalue weighted by Gasteiger charge is -2.13. The Hall–Kier alpha value is -2.43. The molecule has 0 aliphatic heterocycles. The summed E-state index contributed by atoms with van der Waals surface area (Å²) in [6.45, 7) is 2.17. The van der Waals surface area contributed by atoms with Gasteiger partial charge in [0.15, 0.2) is 11.5 Å². The Labute approximate surface area is 123 Å². The van der Waals surface area contributed by atoms with Gasteiger partial charge in [-0.05, 0) is 36.8 Å². The fraction of sp³-hybridized carbons (Fsp3) is 0.250. The molecule has 0 unspecified atom stereocenters. The van der Waals surface area contributed by atoms with E-state index in [2.05, 4.69) is 5.32 Å². The van der Waals surface area contributed by atoms with Gasteiger partial charge in [-0.2, -0.15) is 0 Å². The number of nitrogens with one attached hydrogen (secondary N) is 1. The third-order valence-electron chi connectivity index (χ3n) is 3.29. The maximum absolute atomic E-state index is 13.5. The largest absolute Gasteiger partial charge is 0.502 e. The van der Waals surface area contributed by atoms with Crippen molar-refractivity contribution < 1.29 is 19.0 Å². The summed E-state index contributed by atoms with van der Waals surface area (Å²) in [5.74, 6) is 0.385. The number of anilines is 1. The predicted octanol–water partition coefficient (Wildman–Crippen LogP) is 3.47. The first-order valence-electron chi connectivity index (χ1n) is 6.49. The molecular weight excluding hydrogens is 273 g/mol. The van der Waals surface area contributed by atoms with Crippen molar-refractivity contribution in [3.05, 3.63) is 47.3 Å². The van der Waals surface area contributed by atoms with Crippen molar-refractivity contribution in [2.45, 2.75) is 13.5 Å². The number of phenolic OH excluding ortho intramolecular Hbond substituents is 1. The third-order valence-corrected chi connectivity index (χ3v) is 3.29. The first-order chi connectivity index (χ1) is 10.1. The monoisotopic (exact) mass is 291 g/mol. The van der Waals surface area contributed by atoms with Crippen molar-refractivity contribution in [3.63, 3.8) is 0 Å². The molecule has 0 bridgehead atoms. The summed E-state index contributed by atoms with van der Waals surface area (Å²) in [6, 6.07) is 8.31. The Kier molecular flexibility index (Phi) is 4.52. The van der Waals surface area contributed by atoms with E-state index in [1.807, 2.05) is 6.07 Å². The molecule has 0 heterocycles. The first-order valence-corrected chi connectivity index (χ1v) is 6.49. The minimum Gasteiger partial charge on any atom is -0.502 e. The van der Waals surface area contributed by atoms with E-state index in [4.69, 9.17) is 9.47 Å². The second kappa shape index (κ2) is 6.35. The van der Waals surface area contributed by atoms with Gasteiger partial charge in [0.05, 0.1) is 14.2 Å². The normalized spacial score (nSPS) is 10.3. The Morgan fingerprint density at radius 3 is 2.33 bits per heavy atom. The van der Waals surface area contributed by atoms with E-state index in [-0.39, 0.29) is 11.6 Å². The van der Waals surface area contributed by atoms with E-state index in [1.165, 1.54) is 20.3 Å². The summed E-state index contributed by atoms with van der Waals surface area (Å²) >= 11 is 0. The molecule has 4 nitrogen and oxygen atoms in total. The quantitative estimate of drug-likeness (QED) is 0.885. The lowest BCUT2D eigenvalue weighted by atomic mass is 10.1. The Balaban J connectivity index is 2.22. The SMILES string of the molecule is COc1cc(CNc2cccc(F)c2C)cc(OC)c1O. The van der Waals surface area contributed by atoms with E-state index in [0.29, 0.717) is 23.6 Å². The van der Waals surface area contributed by atoms with Crippen LogP contribution in [0.15, 0.2) is 30.3 Å². The lowest BCUT2D eigenvalue weighted by Crippen LogP contribution is -2.03. The number of rotatable bonds is 5. The van der Waals surface area contributed by atoms with Crippen LogP contribution >= 0.6 is 0 Å². The highest BCUT2D eigenvalue weighted by atomic mass is 19.1. The number of hydrogen-bond acceptors (Lipinski definition) is 4. The van der Waals surface area contributed by atoms with Crippen LogP contribution in [-0.4, -0.2) is 19.3 Å². The molecule has 0 radical (unpaired) electrons. The first kappa shape index (κ1) is 15.0. The molecular formula is C16H18FNO3. The molecule has 5 heteroatoms. The number of halogens is 1. The number of methoxy groups -OCH3 is 2. The smallest absolute Gasteiger partial charge is 0.200 e. The summed E-state index contributed by atoms with van der Waals surface area (Å²) in [7, 11) is 2.95. The Morgan fingerprint density at radius 1 is 1.14 bits per heavy atom. The van der Waals surface area contributed by atoms with Gasteiger partial charge < -0.3 is 19.9 Å². The van der Waals surface area contributed by atoms with Gasteiger partial charge in [0.1, 0.15) is 5.82 Å².